The van der Waals surface area contributed by atoms with Crippen molar-refractivity contribution in [1.82, 2.24) is 14.9 Å². The molecule has 0 aliphatic carbocycles. The minimum Gasteiger partial charge on any atom is -0.352 e. The maximum atomic E-state index is 12.3. The van der Waals surface area contributed by atoms with E-state index >= 15 is 0 Å². The van der Waals surface area contributed by atoms with Crippen molar-refractivity contribution in [2.75, 3.05) is 6.54 Å². The maximum absolute atomic E-state index is 12.3. The van der Waals surface area contributed by atoms with Crippen LogP contribution in [0.15, 0.2) is 27.8 Å². The van der Waals surface area contributed by atoms with E-state index in [1.165, 1.54) is 23.8 Å². The van der Waals surface area contributed by atoms with Crippen molar-refractivity contribution < 1.29 is 4.79 Å². The molecule has 0 bridgehead atoms. The minimum atomic E-state index is -0.668. The molecule has 0 radical (unpaired) electrons. The third-order valence-electron chi connectivity index (χ3n) is 4.55. The molecular formula is C20H29N3O3. The van der Waals surface area contributed by atoms with Gasteiger partial charge >= 0.3 is 11.1 Å². The maximum Gasteiger partial charge on any atom is 0.316 e. The molecule has 0 saturated carbocycles. The quantitative estimate of drug-likeness (QED) is 0.533. The van der Waals surface area contributed by atoms with Crippen LogP contribution in [-0.2, 0) is 6.54 Å². The molecule has 26 heavy (non-hydrogen) atoms. The predicted octanol–water partition coefficient (Wildman–Crippen LogP) is 3.05. The van der Waals surface area contributed by atoms with Crippen LogP contribution < -0.4 is 16.4 Å². The van der Waals surface area contributed by atoms with E-state index in [9.17, 15) is 14.4 Å². The van der Waals surface area contributed by atoms with Crippen LogP contribution in [0.3, 0.4) is 0 Å². The smallest absolute Gasteiger partial charge is 0.316 e. The molecule has 0 spiro atoms. The molecule has 1 aromatic heterocycles. The number of rotatable bonds is 9. The van der Waals surface area contributed by atoms with Gasteiger partial charge in [0.15, 0.2) is 0 Å². The summed E-state index contributed by atoms with van der Waals surface area (Å²) in [5.74, 6) is 0.585. The van der Waals surface area contributed by atoms with Crippen LogP contribution in [0.5, 0.6) is 0 Å². The van der Waals surface area contributed by atoms with Gasteiger partial charge in [-0.1, -0.05) is 39.5 Å². The molecule has 1 heterocycles. The Bertz CT molecular complexity index is 865. The molecule has 6 heteroatoms. The SMILES string of the molecule is CCn1c(=O)c(=O)[nH]c2cc(C(=O)NCCCCCCC(C)C)ccc21. The summed E-state index contributed by atoms with van der Waals surface area (Å²) in [5.41, 5.74) is 0.360. The summed E-state index contributed by atoms with van der Waals surface area (Å²) in [6.07, 6.45) is 5.76. The van der Waals surface area contributed by atoms with Gasteiger partial charge in [0.25, 0.3) is 5.91 Å². The first kappa shape index (κ1) is 19.9. The van der Waals surface area contributed by atoms with Gasteiger partial charge in [0, 0.05) is 18.7 Å². The zero-order valence-electron chi connectivity index (χ0n) is 15.9. The summed E-state index contributed by atoms with van der Waals surface area (Å²) in [4.78, 5) is 38.5. The Labute approximate surface area is 153 Å². The number of nitrogens with one attached hydrogen (secondary N) is 2. The molecule has 0 aliphatic rings. The molecule has 0 fully saturated rings. The van der Waals surface area contributed by atoms with Gasteiger partial charge in [-0.3, -0.25) is 14.4 Å². The number of carbonyl (C=O) groups is 1. The second-order valence-corrected chi connectivity index (χ2v) is 7.09. The molecule has 2 rings (SSSR count). The summed E-state index contributed by atoms with van der Waals surface area (Å²) >= 11 is 0. The minimum absolute atomic E-state index is 0.163. The van der Waals surface area contributed by atoms with Gasteiger partial charge in [0.1, 0.15) is 0 Å². The predicted molar refractivity (Wildman–Crippen MR) is 105 cm³/mol. The lowest BCUT2D eigenvalue weighted by Gasteiger charge is -2.09. The third-order valence-corrected chi connectivity index (χ3v) is 4.55. The molecule has 142 valence electrons. The number of aryl methyl sites for hydroxylation is 1. The number of fused-ring (bicyclic) bond motifs is 1. The topological polar surface area (TPSA) is 84.0 Å². The van der Waals surface area contributed by atoms with Crippen LogP contribution in [-0.4, -0.2) is 22.0 Å². The van der Waals surface area contributed by atoms with Crippen LogP contribution in [0.25, 0.3) is 11.0 Å². The lowest BCUT2D eigenvalue weighted by molar-refractivity contribution is 0.0953. The van der Waals surface area contributed by atoms with Crippen molar-refractivity contribution in [3.63, 3.8) is 0 Å². The monoisotopic (exact) mass is 359 g/mol. The van der Waals surface area contributed by atoms with Crippen molar-refractivity contribution in [2.45, 2.75) is 59.4 Å². The van der Waals surface area contributed by atoms with Crippen molar-refractivity contribution in [3.05, 3.63) is 44.5 Å². The number of benzene rings is 1. The molecule has 0 saturated heterocycles. The molecule has 0 unspecified atom stereocenters. The van der Waals surface area contributed by atoms with Crippen LogP contribution in [0.2, 0.25) is 0 Å². The summed E-state index contributed by atoms with van der Waals surface area (Å²) in [6, 6.07) is 5.02. The van der Waals surface area contributed by atoms with Gasteiger partial charge in [0.2, 0.25) is 0 Å². The van der Waals surface area contributed by atoms with Gasteiger partial charge in [-0.05, 0) is 37.5 Å². The summed E-state index contributed by atoms with van der Waals surface area (Å²) < 4.78 is 1.41. The molecule has 1 amide bonds. The zero-order valence-corrected chi connectivity index (χ0v) is 15.9. The van der Waals surface area contributed by atoms with E-state index in [1.54, 1.807) is 18.2 Å². The fourth-order valence-corrected chi connectivity index (χ4v) is 3.07. The Balaban J connectivity index is 1.95. The Kier molecular flexibility index (Phi) is 7.18. The number of amides is 1. The third kappa shape index (κ3) is 5.07. The highest BCUT2D eigenvalue weighted by Gasteiger charge is 2.10. The number of unbranched alkanes of at least 4 members (excludes halogenated alkanes) is 3. The van der Waals surface area contributed by atoms with Gasteiger partial charge in [-0.25, -0.2) is 0 Å². The van der Waals surface area contributed by atoms with E-state index < -0.39 is 11.1 Å². The van der Waals surface area contributed by atoms with Crippen LogP contribution in [0, 0.1) is 5.92 Å². The molecule has 6 nitrogen and oxygen atoms in total. The number of H-pyrrole nitrogens is 1. The number of nitrogens with zero attached hydrogens (tertiary/aromatic N) is 1. The number of aromatic amines is 1. The Hall–Kier alpha value is -2.37. The van der Waals surface area contributed by atoms with Crippen molar-refractivity contribution in [3.8, 4) is 0 Å². The lowest BCUT2D eigenvalue weighted by atomic mass is 10.0. The lowest BCUT2D eigenvalue weighted by Crippen LogP contribution is -2.36. The average Bonchev–Trinajstić information content (AvgIpc) is 2.61. The highest BCUT2D eigenvalue weighted by molar-refractivity contribution is 5.97. The van der Waals surface area contributed by atoms with Gasteiger partial charge in [0.05, 0.1) is 11.0 Å². The Morgan fingerprint density at radius 3 is 2.58 bits per heavy atom. The van der Waals surface area contributed by atoms with E-state index in [0.717, 1.165) is 18.8 Å². The second-order valence-electron chi connectivity index (χ2n) is 7.09. The molecule has 1 aromatic carbocycles. The fourth-order valence-electron chi connectivity index (χ4n) is 3.07. The molecule has 2 N–H and O–H groups in total. The Morgan fingerprint density at radius 1 is 1.15 bits per heavy atom. The normalized spacial score (nSPS) is 11.2. The average molecular weight is 359 g/mol. The van der Waals surface area contributed by atoms with E-state index in [4.69, 9.17) is 0 Å². The second kappa shape index (κ2) is 9.36. The largest absolute Gasteiger partial charge is 0.352 e. The van der Waals surface area contributed by atoms with E-state index in [2.05, 4.69) is 24.1 Å². The first-order valence-electron chi connectivity index (χ1n) is 9.49. The van der Waals surface area contributed by atoms with Gasteiger partial charge in [-0.15, -0.1) is 0 Å². The zero-order chi connectivity index (χ0) is 19.1. The molecular weight excluding hydrogens is 330 g/mol. The van der Waals surface area contributed by atoms with Crippen molar-refractivity contribution in [2.24, 2.45) is 5.92 Å². The van der Waals surface area contributed by atoms with E-state index in [-0.39, 0.29) is 5.91 Å². The first-order chi connectivity index (χ1) is 12.4. The van der Waals surface area contributed by atoms with Gasteiger partial charge in [-0.2, -0.15) is 0 Å². The van der Waals surface area contributed by atoms with Crippen LogP contribution in [0.1, 0.15) is 63.2 Å². The number of hydrogen-bond acceptors (Lipinski definition) is 3. The van der Waals surface area contributed by atoms with E-state index in [0.29, 0.717) is 29.7 Å². The van der Waals surface area contributed by atoms with Crippen molar-refractivity contribution >= 4 is 16.9 Å². The molecule has 2 aromatic rings. The number of carbonyl (C=O) groups excluding carboxylic acids is 1. The summed E-state index contributed by atoms with van der Waals surface area (Å²) in [6.45, 7) is 7.32. The van der Waals surface area contributed by atoms with Crippen LogP contribution in [0.4, 0.5) is 0 Å². The highest BCUT2D eigenvalue weighted by atomic mass is 16.2. The standard InChI is InChI=1S/C20H29N3O3/c1-4-23-17-11-10-15(13-16(17)22-19(25)20(23)26)18(24)21-12-8-6-5-7-9-14(2)3/h10-11,13-14H,4-9,12H2,1-3H3,(H,21,24)(H,22,25). The van der Waals surface area contributed by atoms with Crippen molar-refractivity contribution in [1.29, 1.82) is 0 Å². The fraction of sp³-hybridized carbons (Fsp3) is 0.550. The summed E-state index contributed by atoms with van der Waals surface area (Å²) in [7, 11) is 0. The molecule has 0 aliphatic heterocycles. The summed E-state index contributed by atoms with van der Waals surface area (Å²) in [5, 5.41) is 2.92. The first-order valence-corrected chi connectivity index (χ1v) is 9.49. The Morgan fingerprint density at radius 2 is 1.88 bits per heavy atom. The highest BCUT2D eigenvalue weighted by Crippen LogP contribution is 2.12. The molecule has 0 atom stereocenters. The van der Waals surface area contributed by atoms with E-state index in [1.807, 2.05) is 6.92 Å². The van der Waals surface area contributed by atoms with Crippen LogP contribution >= 0.6 is 0 Å². The number of hydrogen-bond donors (Lipinski definition) is 2. The van der Waals surface area contributed by atoms with Gasteiger partial charge < -0.3 is 14.9 Å². The number of aromatic nitrogens is 2.